The first kappa shape index (κ1) is 14.6. The van der Waals surface area contributed by atoms with Gasteiger partial charge in [-0.15, -0.1) is 0 Å². The molecule has 4 N–H and O–H groups in total. The molecule has 0 aromatic heterocycles. The second kappa shape index (κ2) is 5.94. The Morgan fingerprint density at radius 3 is 2.39 bits per heavy atom. The first-order valence-electron chi connectivity index (χ1n) is 5.38. The summed E-state index contributed by atoms with van der Waals surface area (Å²) >= 11 is 0. The summed E-state index contributed by atoms with van der Waals surface area (Å²) in [6.45, 7) is 2.22. The van der Waals surface area contributed by atoms with Gasteiger partial charge >= 0.3 is 5.97 Å². The average Bonchev–Trinajstić information content (AvgIpc) is 2.27. The summed E-state index contributed by atoms with van der Waals surface area (Å²) in [5, 5.41) is 16.5. The number of primary sulfonamides is 1. The Morgan fingerprint density at radius 1 is 1.39 bits per heavy atom. The van der Waals surface area contributed by atoms with E-state index in [0.717, 1.165) is 5.56 Å². The van der Waals surface area contributed by atoms with E-state index in [1.165, 1.54) is 12.1 Å². The van der Waals surface area contributed by atoms with E-state index in [9.17, 15) is 13.2 Å². The molecule has 1 rings (SSSR count). The maximum absolute atomic E-state index is 11.1. The van der Waals surface area contributed by atoms with Crippen LogP contribution in [0.3, 0.4) is 0 Å². The Balaban J connectivity index is 2.65. The van der Waals surface area contributed by atoms with Crippen LogP contribution >= 0.6 is 0 Å². The smallest absolute Gasteiger partial charge is 0.304 e. The number of carbonyl (C=O) groups is 1. The fourth-order valence-corrected chi connectivity index (χ4v) is 1.98. The summed E-state index contributed by atoms with van der Waals surface area (Å²) in [6.07, 6.45) is 0.0413. The Labute approximate surface area is 106 Å². The van der Waals surface area contributed by atoms with Crippen molar-refractivity contribution >= 4 is 16.0 Å². The molecule has 0 aliphatic carbocycles. The predicted octanol–water partition coefficient (Wildman–Crippen LogP) is 0.459. The van der Waals surface area contributed by atoms with Gasteiger partial charge in [-0.2, -0.15) is 0 Å². The van der Waals surface area contributed by atoms with E-state index in [2.05, 4.69) is 5.32 Å². The summed E-state index contributed by atoms with van der Waals surface area (Å²) < 4.78 is 22.1. The molecule has 0 saturated carbocycles. The third kappa shape index (κ3) is 4.44. The van der Waals surface area contributed by atoms with Gasteiger partial charge in [0.2, 0.25) is 10.0 Å². The third-order valence-corrected chi connectivity index (χ3v) is 3.43. The van der Waals surface area contributed by atoms with Gasteiger partial charge in [0.25, 0.3) is 0 Å². The van der Waals surface area contributed by atoms with Crippen molar-refractivity contribution in [2.45, 2.75) is 24.3 Å². The van der Waals surface area contributed by atoms with E-state index >= 15 is 0 Å². The summed E-state index contributed by atoms with van der Waals surface area (Å²) in [5.74, 6) is -0.862. The molecule has 7 heteroatoms. The van der Waals surface area contributed by atoms with Gasteiger partial charge in [-0.3, -0.25) is 4.79 Å². The maximum Gasteiger partial charge on any atom is 0.304 e. The Bertz CT molecular complexity index is 510. The standard InChI is InChI=1S/C11H16N2O4S/c1-8(13-7-6-11(14)15)9-2-4-10(5-3-9)18(12,16)17/h2-5,8,13H,6-7H2,1H3,(H,14,15)(H2,12,16,17). The van der Waals surface area contributed by atoms with Crippen molar-refractivity contribution in [3.05, 3.63) is 29.8 Å². The Hall–Kier alpha value is -1.44. The SMILES string of the molecule is CC(NCCC(=O)O)c1ccc(S(N)(=O)=O)cc1. The molecule has 0 heterocycles. The van der Waals surface area contributed by atoms with Crippen LogP contribution in [-0.2, 0) is 14.8 Å². The largest absolute Gasteiger partial charge is 0.481 e. The lowest BCUT2D eigenvalue weighted by Gasteiger charge is -2.13. The van der Waals surface area contributed by atoms with E-state index < -0.39 is 16.0 Å². The van der Waals surface area contributed by atoms with Crippen LogP contribution < -0.4 is 10.5 Å². The van der Waals surface area contributed by atoms with Gasteiger partial charge in [-0.05, 0) is 24.6 Å². The van der Waals surface area contributed by atoms with Crippen LogP contribution in [0, 0.1) is 0 Å². The molecule has 100 valence electrons. The molecular weight excluding hydrogens is 256 g/mol. The first-order valence-corrected chi connectivity index (χ1v) is 6.93. The van der Waals surface area contributed by atoms with Gasteiger partial charge < -0.3 is 10.4 Å². The number of hydrogen-bond donors (Lipinski definition) is 3. The predicted molar refractivity (Wildman–Crippen MR) is 66.5 cm³/mol. The van der Waals surface area contributed by atoms with Gasteiger partial charge in [-0.1, -0.05) is 12.1 Å². The van der Waals surface area contributed by atoms with E-state index in [-0.39, 0.29) is 17.4 Å². The minimum Gasteiger partial charge on any atom is -0.481 e. The monoisotopic (exact) mass is 272 g/mol. The quantitative estimate of drug-likeness (QED) is 0.697. The highest BCUT2D eigenvalue weighted by molar-refractivity contribution is 7.89. The molecule has 0 radical (unpaired) electrons. The molecule has 0 fully saturated rings. The minimum atomic E-state index is -3.67. The van der Waals surface area contributed by atoms with Crippen molar-refractivity contribution < 1.29 is 18.3 Å². The number of nitrogens with two attached hydrogens (primary N) is 1. The summed E-state index contributed by atoms with van der Waals surface area (Å²) in [4.78, 5) is 10.4. The maximum atomic E-state index is 11.1. The lowest BCUT2D eigenvalue weighted by molar-refractivity contribution is -0.136. The number of rotatable bonds is 6. The van der Waals surface area contributed by atoms with Crippen molar-refractivity contribution in [1.82, 2.24) is 5.32 Å². The summed E-state index contributed by atoms with van der Waals surface area (Å²) in [7, 11) is -3.67. The second-order valence-electron chi connectivity index (χ2n) is 3.93. The third-order valence-electron chi connectivity index (χ3n) is 2.50. The highest BCUT2D eigenvalue weighted by atomic mass is 32.2. The van der Waals surface area contributed by atoms with Crippen molar-refractivity contribution in [2.75, 3.05) is 6.54 Å². The zero-order chi connectivity index (χ0) is 13.8. The number of sulfonamides is 1. The molecule has 1 unspecified atom stereocenters. The Kier molecular flexibility index (Phi) is 4.83. The van der Waals surface area contributed by atoms with E-state index in [1.807, 2.05) is 6.92 Å². The molecule has 0 spiro atoms. The number of carboxylic acids is 1. The fourth-order valence-electron chi connectivity index (χ4n) is 1.46. The lowest BCUT2D eigenvalue weighted by atomic mass is 10.1. The van der Waals surface area contributed by atoms with Crippen LogP contribution in [0.15, 0.2) is 29.2 Å². The molecular formula is C11H16N2O4S. The molecule has 0 amide bonds. The van der Waals surface area contributed by atoms with Crippen molar-refractivity contribution in [3.8, 4) is 0 Å². The first-order chi connectivity index (χ1) is 8.30. The molecule has 0 bridgehead atoms. The molecule has 0 saturated heterocycles. The van der Waals surface area contributed by atoms with Crippen LogP contribution in [0.2, 0.25) is 0 Å². The normalized spacial score (nSPS) is 13.2. The zero-order valence-corrected chi connectivity index (χ0v) is 10.8. The van der Waals surface area contributed by atoms with Gasteiger partial charge in [0.15, 0.2) is 0 Å². The summed E-state index contributed by atoms with van der Waals surface area (Å²) in [6, 6.07) is 6.11. The van der Waals surface area contributed by atoms with Crippen LogP contribution in [0.25, 0.3) is 0 Å². The molecule has 1 atom stereocenters. The lowest BCUT2D eigenvalue weighted by Crippen LogP contribution is -2.22. The Morgan fingerprint density at radius 2 is 1.94 bits per heavy atom. The van der Waals surface area contributed by atoms with E-state index in [0.29, 0.717) is 6.54 Å². The molecule has 1 aromatic carbocycles. The number of nitrogens with one attached hydrogen (secondary N) is 1. The van der Waals surface area contributed by atoms with Crippen LogP contribution in [0.1, 0.15) is 24.9 Å². The van der Waals surface area contributed by atoms with Gasteiger partial charge in [0.05, 0.1) is 11.3 Å². The van der Waals surface area contributed by atoms with Crippen molar-refractivity contribution in [3.63, 3.8) is 0 Å². The number of benzene rings is 1. The molecule has 18 heavy (non-hydrogen) atoms. The number of aliphatic carboxylic acids is 1. The molecule has 1 aromatic rings. The van der Waals surface area contributed by atoms with Crippen molar-refractivity contribution in [2.24, 2.45) is 5.14 Å². The van der Waals surface area contributed by atoms with Gasteiger partial charge in [0, 0.05) is 12.6 Å². The van der Waals surface area contributed by atoms with Crippen molar-refractivity contribution in [1.29, 1.82) is 0 Å². The van der Waals surface area contributed by atoms with Crippen LogP contribution in [0.4, 0.5) is 0 Å². The highest BCUT2D eigenvalue weighted by Gasteiger charge is 2.09. The van der Waals surface area contributed by atoms with E-state index in [4.69, 9.17) is 10.2 Å². The van der Waals surface area contributed by atoms with Gasteiger partial charge in [-0.25, -0.2) is 13.6 Å². The number of carboxylic acid groups (broad SMARTS) is 1. The topological polar surface area (TPSA) is 109 Å². The summed E-state index contributed by atoms with van der Waals surface area (Å²) in [5.41, 5.74) is 0.868. The minimum absolute atomic E-state index is 0.0413. The fraction of sp³-hybridized carbons (Fsp3) is 0.364. The second-order valence-corrected chi connectivity index (χ2v) is 5.50. The molecule has 0 aliphatic rings. The van der Waals surface area contributed by atoms with Crippen LogP contribution in [0.5, 0.6) is 0 Å². The van der Waals surface area contributed by atoms with Crippen LogP contribution in [-0.4, -0.2) is 26.0 Å². The zero-order valence-electron chi connectivity index (χ0n) is 9.96. The number of hydrogen-bond acceptors (Lipinski definition) is 4. The highest BCUT2D eigenvalue weighted by Crippen LogP contribution is 2.15. The van der Waals surface area contributed by atoms with E-state index in [1.54, 1.807) is 12.1 Å². The average molecular weight is 272 g/mol. The molecule has 6 nitrogen and oxygen atoms in total. The van der Waals surface area contributed by atoms with Gasteiger partial charge in [0.1, 0.15) is 0 Å². The molecule has 0 aliphatic heterocycles.